The van der Waals surface area contributed by atoms with E-state index in [1.165, 1.54) is 23.9 Å². The van der Waals surface area contributed by atoms with Gasteiger partial charge >= 0.3 is 0 Å². The number of primary sulfonamides is 1. The van der Waals surface area contributed by atoms with Gasteiger partial charge in [-0.25, -0.2) is 13.6 Å². The quantitative estimate of drug-likeness (QED) is 0.582. The number of aliphatic imine (C=N–C) groups is 1. The Morgan fingerprint density at radius 2 is 2.00 bits per heavy atom. The number of halogens is 3. The molecule has 0 aromatic heterocycles. The molecule has 3 N–H and O–H groups in total. The minimum atomic E-state index is -4.08. The Morgan fingerprint density at radius 3 is 2.54 bits per heavy atom. The Bertz CT molecular complexity index is 849. The summed E-state index contributed by atoms with van der Waals surface area (Å²) in [7, 11) is -4.08. The van der Waals surface area contributed by atoms with Gasteiger partial charge in [0.05, 0.1) is 22.3 Å². The van der Waals surface area contributed by atoms with Gasteiger partial charge in [-0.3, -0.25) is 4.99 Å². The largest absolute Gasteiger partial charge is 0.366 e. The molecule has 0 amide bonds. The zero-order valence-electron chi connectivity index (χ0n) is 13.6. The van der Waals surface area contributed by atoms with Gasteiger partial charge in [-0.1, -0.05) is 47.1 Å². The van der Waals surface area contributed by atoms with Gasteiger partial charge in [0.1, 0.15) is 4.90 Å². The van der Waals surface area contributed by atoms with E-state index in [9.17, 15) is 13.5 Å². The van der Waals surface area contributed by atoms with E-state index in [1.807, 2.05) is 0 Å². The molecular formula is C15H18BrCl2N3O3S2. The number of thioether (sulfide) groups is 1. The highest BCUT2D eigenvalue weighted by Gasteiger charge is 2.46. The van der Waals surface area contributed by atoms with Crippen LogP contribution < -0.4 is 5.14 Å². The summed E-state index contributed by atoms with van der Waals surface area (Å²) < 4.78 is 23.5. The van der Waals surface area contributed by atoms with Gasteiger partial charge in [-0.05, 0) is 12.1 Å². The molecule has 1 saturated heterocycles. The molecule has 2 rings (SSSR count). The smallest absolute Gasteiger partial charge is 0.239 e. The number of hydrogen-bond donors (Lipinski definition) is 2. The minimum Gasteiger partial charge on any atom is -0.366 e. The van der Waals surface area contributed by atoms with Crippen molar-refractivity contribution in [2.24, 2.45) is 10.1 Å². The second-order valence-corrected chi connectivity index (χ2v) is 8.51. The van der Waals surface area contributed by atoms with E-state index in [0.29, 0.717) is 11.7 Å². The molecule has 1 aromatic rings. The number of sulfonamides is 1. The molecule has 26 heavy (non-hydrogen) atoms. The van der Waals surface area contributed by atoms with Crippen LogP contribution in [0.1, 0.15) is 5.56 Å². The van der Waals surface area contributed by atoms with Crippen molar-refractivity contribution in [2.45, 2.75) is 10.6 Å². The van der Waals surface area contributed by atoms with Crippen molar-refractivity contribution in [3.63, 3.8) is 0 Å². The Balaban J connectivity index is 0.00000338. The molecule has 1 aromatic carbocycles. The summed E-state index contributed by atoms with van der Waals surface area (Å²) in [5, 5.41) is 17.1. The lowest BCUT2D eigenvalue weighted by Gasteiger charge is -2.34. The minimum absolute atomic E-state index is 0. The molecule has 0 bridgehead atoms. The number of nitrogens with two attached hydrogens (primary N) is 1. The van der Waals surface area contributed by atoms with Gasteiger partial charge in [-0.15, -0.1) is 30.1 Å². The number of nitrogens with zero attached hydrogens (tertiary/aromatic N) is 2. The maximum Gasteiger partial charge on any atom is 0.239 e. The fraction of sp³-hybridized carbons (Fsp3) is 0.267. The maximum atomic E-state index is 11.7. The van der Waals surface area contributed by atoms with E-state index in [0.717, 1.165) is 0 Å². The summed E-state index contributed by atoms with van der Waals surface area (Å²) in [6, 6.07) is 2.46. The Hall–Kier alpha value is -0.550. The number of hydrogen-bond acceptors (Lipinski definition) is 5. The Morgan fingerprint density at radius 1 is 1.35 bits per heavy atom. The summed E-state index contributed by atoms with van der Waals surface area (Å²) in [5.41, 5.74) is -1.40. The molecule has 1 unspecified atom stereocenters. The van der Waals surface area contributed by atoms with Crippen LogP contribution in [0.3, 0.4) is 0 Å². The Kier molecular flexibility index (Phi) is 8.22. The first-order valence-corrected chi connectivity index (χ1v) is 10.3. The van der Waals surface area contributed by atoms with Crippen LogP contribution in [0.15, 0.2) is 47.3 Å². The predicted octanol–water partition coefficient (Wildman–Crippen LogP) is 3.14. The lowest BCUT2D eigenvalue weighted by atomic mass is 10.0. The van der Waals surface area contributed by atoms with Crippen LogP contribution >= 0.6 is 51.9 Å². The van der Waals surface area contributed by atoms with Gasteiger partial charge in [-0.2, -0.15) is 0 Å². The molecule has 1 aliphatic heterocycles. The third-order valence-electron chi connectivity index (χ3n) is 3.51. The molecule has 1 heterocycles. The number of aliphatic hydroxyl groups is 1. The highest BCUT2D eigenvalue weighted by Crippen LogP contribution is 2.43. The molecule has 0 aliphatic carbocycles. The molecule has 11 heteroatoms. The van der Waals surface area contributed by atoms with E-state index in [2.05, 4.69) is 18.2 Å². The van der Waals surface area contributed by atoms with Crippen molar-refractivity contribution >= 4 is 67.1 Å². The number of rotatable bonds is 6. The first-order valence-electron chi connectivity index (χ1n) is 7.06. The van der Waals surface area contributed by atoms with E-state index in [4.69, 9.17) is 28.3 Å². The lowest BCUT2D eigenvalue weighted by molar-refractivity contribution is -0.0423. The second-order valence-electron chi connectivity index (χ2n) is 5.22. The van der Waals surface area contributed by atoms with Crippen molar-refractivity contribution in [3.05, 3.63) is 53.1 Å². The molecule has 0 saturated carbocycles. The maximum absolute atomic E-state index is 11.7. The van der Waals surface area contributed by atoms with Crippen LogP contribution in [-0.4, -0.2) is 42.4 Å². The van der Waals surface area contributed by atoms with E-state index < -0.39 is 15.7 Å². The molecular weight excluding hydrogens is 485 g/mol. The standard InChI is InChI=1S/C15H17Cl2N3O3S2.BrH/c1-3-5-19-14-20(6-4-2)15(21,9-24-14)10-7-13(25(18,22)23)12(17)8-11(10)16;/h3-4,7-8,21H,1-2,5-6,9H2,(H2,18,22,23);1H. The van der Waals surface area contributed by atoms with Gasteiger partial charge in [0.2, 0.25) is 10.0 Å². The summed E-state index contributed by atoms with van der Waals surface area (Å²) in [6.07, 6.45) is 3.23. The molecule has 1 fully saturated rings. The normalized spacial score (nSPS) is 21.5. The van der Waals surface area contributed by atoms with Crippen molar-refractivity contribution in [1.29, 1.82) is 0 Å². The average Bonchev–Trinajstić information content (AvgIpc) is 2.82. The zero-order chi connectivity index (χ0) is 18.8. The number of benzene rings is 1. The van der Waals surface area contributed by atoms with Crippen LogP contribution in [0.2, 0.25) is 10.0 Å². The fourth-order valence-electron chi connectivity index (χ4n) is 2.39. The van der Waals surface area contributed by atoms with Crippen molar-refractivity contribution < 1.29 is 13.5 Å². The third-order valence-corrected chi connectivity index (χ3v) is 6.35. The molecule has 6 nitrogen and oxygen atoms in total. The van der Waals surface area contributed by atoms with Gasteiger partial charge in [0.25, 0.3) is 0 Å². The fourth-order valence-corrected chi connectivity index (χ4v) is 5.05. The third kappa shape index (κ3) is 4.64. The highest BCUT2D eigenvalue weighted by atomic mass is 79.9. The first kappa shape index (κ1) is 23.5. The second kappa shape index (κ2) is 9.09. The molecule has 144 valence electrons. The average molecular weight is 503 g/mol. The molecule has 0 radical (unpaired) electrons. The van der Waals surface area contributed by atoms with Crippen LogP contribution in [0, 0.1) is 0 Å². The summed E-state index contributed by atoms with van der Waals surface area (Å²) >= 11 is 13.5. The van der Waals surface area contributed by atoms with Crippen LogP contribution in [-0.2, 0) is 15.7 Å². The van der Waals surface area contributed by atoms with Crippen LogP contribution in [0.25, 0.3) is 0 Å². The SMILES string of the molecule is Br.C=CCN=C1SCC(O)(c2cc(S(N)(=O)=O)c(Cl)cc2Cl)N1CC=C. The van der Waals surface area contributed by atoms with Gasteiger partial charge in [0, 0.05) is 12.1 Å². The molecule has 0 spiro atoms. The van der Waals surface area contributed by atoms with E-state index in [1.54, 1.807) is 17.1 Å². The topological polar surface area (TPSA) is 96.0 Å². The van der Waals surface area contributed by atoms with Gasteiger partial charge < -0.3 is 10.0 Å². The van der Waals surface area contributed by atoms with E-state index >= 15 is 0 Å². The van der Waals surface area contributed by atoms with Gasteiger partial charge in [0.15, 0.2) is 10.9 Å². The summed E-state index contributed by atoms with van der Waals surface area (Å²) in [6.45, 7) is 7.96. The summed E-state index contributed by atoms with van der Waals surface area (Å²) in [4.78, 5) is 5.64. The molecule has 1 atom stereocenters. The highest BCUT2D eigenvalue weighted by molar-refractivity contribution is 8.93. The van der Waals surface area contributed by atoms with E-state index in [-0.39, 0.29) is 49.8 Å². The van der Waals surface area contributed by atoms with Crippen molar-refractivity contribution in [2.75, 3.05) is 18.8 Å². The van der Waals surface area contributed by atoms with Crippen LogP contribution in [0.5, 0.6) is 0 Å². The summed E-state index contributed by atoms with van der Waals surface area (Å²) in [5.74, 6) is 0.197. The van der Waals surface area contributed by atoms with Crippen molar-refractivity contribution in [3.8, 4) is 0 Å². The lowest BCUT2D eigenvalue weighted by Crippen LogP contribution is -2.45. The van der Waals surface area contributed by atoms with Crippen molar-refractivity contribution in [1.82, 2.24) is 4.90 Å². The first-order chi connectivity index (χ1) is 11.6. The monoisotopic (exact) mass is 501 g/mol. The zero-order valence-corrected chi connectivity index (χ0v) is 18.4. The number of amidine groups is 1. The van der Waals surface area contributed by atoms with Crippen LogP contribution in [0.4, 0.5) is 0 Å². The predicted molar refractivity (Wildman–Crippen MR) is 114 cm³/mol. The molecule has 1 aliphatic rings. The Labute approximate surface area is 177 Å².